The number of unbranched alkanes of at least 4 members (excludes halogenated alkanes) is 1. The van der Waals surface area contributed by atoms with Gasteiger partial charge in [0.25, 0.3) is 10.0 Å². The van der Waals surface area contributed by atoms with Crippen molar-refractivity contribution in [2.45, 2.75) is 50.7 Å². The average molecular weight is 289 g/mol. The molecule has 0 amide bonds. The van der Waals surface area contributed by atoms with Gasteiger partial charge in [-0.1, -0.05) is 19.8 Å². The standard InChI is InChI=1S/C11H19N3O4S/c1-3-5-6-9(11(15)16)13-19(17,18)10-7-14(4-2)8-12-10/h7-9,13H,3-6H2,1-2H3,(H,15,16). The molecule has 0 bridgehead atoms. The lowest BCUT2D eigenvalue weighted by molar-refractivity contribution is -0.139. The van der Waals surface area contributed by atoms with E-state index >= 15 is 0 Å². The molecule has 0 fully saturated rings. The summed E-state index contributed by atoms with van der Waals surface area (Å²) in [5, 5.41) is 8.85. The first-order chi connectivity index (χ1) is 8.90. The second kappa shape index (κ2) is 6.67. The van der Waals surface area contributed by atoms with Gasteiger partial charge >= 0.3 is 5.97 Å². The number of rotatable bonds is 8. The Morgan fingerprint density at radius 2 is 2.21 bits per heavy atom. The van der Waals surface area contributed by atoms with E-state index in [1.165, 1.54) is 12.5 Å². The minimum atomic E-state index is -3.89. The fraction of sp³-hybridized carbons (Fsp3) is 0.636. The van der Waals surface area contributed by atoms with Gasteiger partial charge in [-0.05, 0) is 13.3 Å². The highest BCUT2D eigenvalue weighted by atomic mass is 32.2. The molecule has 0 aliphatic heterocycles. The molecule has 1 heterocycles. The highest BCUT2D eigenvalue weighted by molar-refractivity contribution is 7.89. The van der Waals surface area contributed by atoms with Crippen molar-refractivity contribution in [3.8, 4) is 0 Å². The fourth-order valence-corrected chi connectivity index (χ4v) is 2.71. The molecule has 0 aromatic carbocycles. The summed E-state index contributed by atoms with van der Waals surface area (Å²) < 4.78 is 27.8. The number of carboxylic acids is 1. The number of sulfonamides is 1. The van der Waals surface area contributed by atoms with Crippen molar-refractivity contribution >= 4 is 16.0 Å². The molecule has 1 atom stereocenters. The third-order valence-electron chi connectivity index (χ3n) is 2.69. The number of hydrogen-bond donors (Lipinski definition) is 2. The van der Waals surface area contributed by atoms with E-state index in [4.69, 9.17) is 5.11 Å². The maximum Gasteiger partial charge on any atom is 0.321 e. The quantitative estimate of drug-likeness (QED) is 0.738. The molecule has 0 spiro atoms. The number of aliphatic carboxylic acids is 1. The van der Waals surface area contributed by atoms with Crippen LogP contribution in [0.2, 0.25) is 0 Å². The smallest absolute Gasteiger partial charge is 0.321 e. The fourth-order valence-electron chi connectivity index (χ4n) is 1.54. The zero-order valence-corrected chi connectivity index (χ0v) is 11.9. The van der Waals surface area contributed by atoms with E-state index in [1.54, 1.807) is 4.57 Å². The normalized spacial score (nSPS) is 13.4. The van der Waals surface area contributed by atoms with E-state index in [0.29, 0.717) is 13.0 Å². The van der Waals surface area contributed by atoms with Crippen molar-refractivity contribution in [1.82, 2.24) is 14.3 Å². The minimum Gasteiger partial charge on any atom is -0.480 e. The van der Waals surface area contributed by atoms with Gasteiger partial charge < -0.3 is 9.67 Å². The molecule has 0 saturated carbocycles. The molecule has 19 heavy (non-hydrogen) atoms. The van der Waals surface area contributed by atoms with Crippen molar-refractivity contribution in [2.24, 2.45) is 0 Å². The van der Waals surface area contributed by atoms with Gasteiger partial charge in [-0.3, -0.25) is 4.79 Å². The van der Waals surface area contributed by atoms with Crippen LogP contribution in [0.1, 0.15) is 33.1 Å². The summed E-state index contributed by atoms with van der Waals surface area (Å²) in [6, 6.07) is -1.11. The lowest BCUT2D eigenvalue weighted by Gasteiger charge is -2.13. The number of nitrogens with one attached hydrogen (secondary N) is 1. The SMILES string of the molecule is CCCCC(NS(=O)(=O)c1cn(CC)cn1)C(=O)O. The molecule has 8 heteroatoms. The lowest BCUT2D eigenvalue weighted by atomic mass is 10.1. The monoisotopic (exact) mass is 289 g/mol. The maximum absolute atomic E-state index is 12.0. The summed E-state index contributed by atoms with van der Waals surface area (Å²) in [4.78, 5) is 14.8. The molecule has 0 saturated heterocycles. The second-order valence-corrected chi connectivity index (χ2v) is 5.86. The van der Waals surface area contributed by atoms with Gasteiger partial charge in [0.15, 0.2) is 5.03 Å². The Morgan fingerprint density at radius 3 is 2.68 bits per heavy atom. The van der Waals surface area contributed by atoms with Crippen LogP contribution >= 0.6 is 0 Å². The van der Waals surface area contributed by atoms with Crippen molar-refractivity contribution in [2.75, 3.05) is 0 Å². The highest BCUT2D eigenvalue weighted by Crippen LogP contribution is 2.09. The van der Waals surface area contributed by atoms with Crippen LogP contribution < -0.4 is 4.72 Å². The van der Waals surface area contributed by atoms with Crippen LogP contribution in [0.15, 0.2) is 17.6 Å². The number of imidazole rings is 1. The largest absolute Gasteiger partial charge is 0.480 e. The molecule has 0 radical (unpaired) electrons. The van der Waals surface area contributed by atoms with Gasteiger partial charge in [-0.2, -0.15) is 4.72 Å². The zero-order chi connectivity index (χ0) is 14.5. The molecule has 1 rings (SSSR count). The van der Waals surface area contributed by atoms with E-state index in [1.807, 2.05) is 13.8 Å². The van der Waals surface area contributed by atoms with E-state index in [9.17, 15) is 13.2 Å². The summed E-state index contributed by atoms with van der Waals surface area (Å²) >= 11 is 0. The van der Waals surface area contributed by atoms with Crippen molar-refractivity contribution in [3.05, 3.63) is 12.5 Å². The molecule has 7 nitrogen and oxygen atoms in total. The Labute approximate surface area is 112 Å². The van der Waals surface area contributed by atoms with Crippen LogP contribution in [0.3, 0.4) is 0 Å². The summed E-state index contributed by atoms with van der Waals surface area (Å²) in [5.41, 5.74) is 0. The molecule has 1 aromatic heterocycles. The third kappa shape index (κ3) is 4.32. The minimum absolute atomic E-state index is 0.155. The number of aryl methyl sites for hydroxylation is 1. The Balaban J connectivity index is 2.84. The van der Waals surface area contributed by atoms with Gasteiger partial charge in [-0.15, -0.1) is 0 Å². The summed E-state index contributed by atoms with van der Waals surface area (Å²) in [5.74, 6) is -1.17. The van der Waals surface area contributed by atoms with Gasteiger partial charge in [0, 0.05) is 12.7 Å². The van der Waals surface area contributed by atoms with Gasteiger partial charge in [0.1, 0.15) is 6.04 Å². The molecule has 0 aliphatic carbocycles. The predicted molar refractivity (Wildman–Crippen MR) is 69.2 cm³/mol. The van der Waals surface area contributed by atoms with Gasteiger partial charge in [0.05, 0.1) is 6.33 Å². The van der Waals surface area contributed by atoms with E-state index < -0.39 is 22.0 Å². The van der Waals surface area contributed by atoms with Crippen LogP contribution in [0.4, 0.5) is 0 Å². The van der Waals surface area contributed by atoms with E-state index in [-0.39, 0.29) is 11.4 Å². The van der Waals surface area contributed by atoms with E-state index in [0.717, 1.165) is 6.42 Å². The van der Waals surface area contributed by atoms with Crippen molar-refractivity contribution < 1.29 is 18.3 Å². The molecular formula is C11H19N3O4S. The Morgan fingerprint density at radius 1 is 1.53 bits per heavy atom. The summed E-state index contributed by atoms with van der Waals surface area (Å²) in [6.07, 6.45) is 4.48. The number of carboxylic acid groups (broad SMARTS) is 1. The Bertz CT molecular complexity index is 524. The Kier molecular flexibility index (Phi) is 5.49. The number of hydrogen-bond acceptors (Lipinski definition) is 4. The highest BCUT2D eigenvalue weighted by Gasteiger charge is 2.26. The van der Waals surface area contributed by atoms with Crippen LogP contribution in [-0.2, 0) is 21.4 Å². The number of nitrogens with zero attached hydrogens (tertiary/aromatic N) is 2. The van der Waals surface area contributed by atoms with Crippen LogP contribution in [-0.4, -0.2) is 35.1 Å². The molecule has 1 aromatic rings. The lowest BCUT2D eigenvalue weighted by Crippen LogP contribution is -2.40. The molecule has 2 N–H and O–H groups in total. The molecule has 108 valence electrons. The van der Waals surface area contributed by atoms with Gasteiger partial charge in [-0.25, -0.2) is 13.4 Å². The molecule has 1 unspecified atom stereocenters. The first-order valence-corrected chi connectivity index (χ1v) is 7.66. The summed E-state index contributed by atoms with van der Waals surface area (Å²) in [7, 11) is -3.89. The maximum atomic E-state index is 12.0. The number of carbonyl (C=O) groups is 1. The second-order valence-electron chi connectivity index (χ2n) is 4.20. The van der Waals surface area contributed by atoms with Crippen molar-refractivity contribution in [1.29, 1.82) is 0 Å². The average Bonchev–Trinajstić information content (AvgIpc) is 2.83. The first-order valence-electron chi connectivity index (χ1n) is 6.17. The number of aromatic nitrogens is 2. The third-order valence-corrected chi connectivity index (χ3v) is 4.05. The van der Waals surface area contributed by atoms with Crippen LogP contribution in [0.5, 0.6) is 0 Å². The van der Waals surface area contributed by atoms with Crippen LogP contribution in [0.25, 0.3) is 0 Å². The Hall–Kier alpha value is -1.41. The van der Waals surface area contributed by atoms with E-state index in [2.05, 4.69) is 9.71 Å². The zero-order valence-electron chi connectivity index (χ0n) is 11.0. The predicted octanol–water partition coefficient (Wildman–Crippen LogP) is 0.825. The molecule has 0 aliphatic rings. The van der Waals surface area contributed by atoms with Crippen molar-refractivity contribution in [3.63, 3.8) is 0 Å². The molecular weight excluding hydrogens is 270 g/mol. The summed E-state index contributed by atoms with van der Waals surface area (Å²) in [6.45, 7) is 4.36. The van der Waals surface area contributed by atoms with Gasteiger partial charge in [0.2, 0.25) is 0 Å². The first kappa shape index (κ1) is 15.6. The topological polar surface area (TPSA) is 101 Å². The van der Waals surface area contributed by atoms with Crippen LogP contribution in [0, 0.1) is 0 Å².